The van der Waals surface area contributed by atoms with Crippen molar-refractivity contribution in [1.29, 1.82) is 0 Å². The van der Waals surface area contributed by atoms with Gasteiger partial charge in [-0.15, -0.1) is 0 Å². The number of para-hydroxylation sites is 1. The van der Waals surface area contributed by atoms with Crippen LogP contribution in [0.5, 0.6) is 0 Å². The van der Waals surface area contributed by atoms with Crippen molar-refractivity contribution in [3.8, 4) is 0 Å². The van der Waals surface area contributed by atoms with Gasteiger partial charge in [0.1, 0.15) is 0 Å². The predicted molar refractivity (Wildman–Crippen MR) is 142 cm³/mol. The van der Waals surface area contributed by atoms with Crippen molar-refractivity contribution >= 4 is 38.0 Å². The zero-order chi connectivity index (χ0) is 24.1. The minimum atomic E-state index is -3.70. The highest BCUT2D eigenvalue weighted by molar-refractivity contribution is 7.89. The van der Waals surface area contributed by atoms with E-state index in [2.05, 4.69) is 64.7 Å². The van der Waals surface area contributed by atoms with E-state index in [0.29, 0.717) is 5.92 Å². The Bertz CT molecular complexity index is 1400. The number of fused-ring (bicyclic) bond motifs is 3. The number of hydrazone groups is 1. The molecule has 1 N–H and O–H groups in total. The van der Waals surface area contributed by atoms with E-state index in [9.17, 15) is 8.42 Å². The number of unbranched alkanes of at least 4 members (excludes halogenated alkanes) is 1. The number of benzene rings is 3. The van der Waals surface area contributed by atoms with Gasteiger partial charge in [-0.3, -0.25) is 0 Å². The number of hydrogen-bond acceptors (Lipinski definition) is 3. The molecule has 0 aliphatic carbocycles. The molecule has 0 bridgehead atoms. The molecular formula is C28H33N3O2S. The Hall–Kier alpha value is -3.12. The molecule has 4 rings (SSSR count). The van der Waals surface area contributed by atoms with Crippen LogP contribution >= 0.6 is 0 Å². The van der Waals surface area contributed by atoms with E-state index in [0.717, 1.165) is 23.1 Å². The first kappa shape index (κ1) is 24.0. The first-order valence-corrected chi connectivity index (χ1v) is 13.5. The third-order valence-electron chi connectivity index (χ3n) is 6.50. The number of hydrogen-bond donors (Lipinski definition) is 1. The lowest BCUT2D eigenvalue weighted by Gasteiger charge is -2.17. The fourth-order valence-corrected chi connectivity index (χ4v) is 5.26. The third kappa shape index (κ3) is 5.17. The largest absolute Gasteiger partial charge is 0.340 e. The van der Waals surface area contributed by atoms with Crippen molar-refractivity contribution < 1.29 is 8.42 Å². The van der Waals surface area contributed by atoms with E-state index in [-0.39, 0.29) is 4.90 Å². The molecule has 0 aliphatic rings. The van der Waals surface area contributed by atoms with Gasteiger partial charge in [-0.05, 0) is 55.2 Å². The van der Waals surface area contributed by atoms with Crippen molar-refractivity contribution in [2.24, 2.45) is 11.0 Å². The summed E-state index contributed by atoms with van der Waals surface area (Å²) in [6.07, 6.45) is 6.45. The summed E-state index contributed by atoms with van der Waals surface area (Å²) in [5.74, 6) is 0.649. The van der Waals surface area contributed by atoms with E-state index in [4.69, 9.17) is 0 Å². The predicted octanol–water partition coefficient (Wildman–Crippen LogP) is 6.63. The normalized spacial score (nSPS) is 13.1. The summed E-state index contributed by atoms with van der Waals surface area (Å²) >= 11 is 0. The molecule has 0 amide bonds. The van der Waals surface area contributed by atoms with Gasteiger partial charge in [-0.25, -0.2) is 4.83 Å². The summed E-state index contributed by atoms with van der Waals surface area (Å²) in [6.45, 7) is 7.45. The minimum Gasteiger partial charge on any atom is -0.340 e. The van der Waals surface area contributed by atoms with Crippen molar-refractivity contribution in [2.45, 2.75) is 57.9 Å². The standard InChI is InChI=1S/C28H33N3O2S/c1-4-6-9-22(5-2)20-31-27-11-8-7-10-25(27)26-18-23(14-17-28(26)31)19-29-30-34(32,33)24-15-12-21(3)13-16-24/h7-8,10-19,22,30H,4-6,9,20H2,1-3H3/b29-19+. The van der Waals surface area contributed by atoms with E-state index in [1.165, 1.54) is 42.1 Å². The zero-order valence-corrected chi connectivity index (χ0v) is 21.0. The van der Waals surface area contributed by atoms with Crippen LogP contribution in [0.4, 0.5) is 0 Å². The molecule has 4 aromatic rings. The Labute approximate surface area is 202 Å². The summed E-state index contributed by atoms with van der Waals surface area (Å²) < 4.78 is 27.4. The van der Waals surface area contributed by atoms with Crippen molar-refractivity contribution in [1.82, 2.24) is 9.40 Å². The van der Waals surface area contributed by atoms with Crippen LogP contribution in [0.15, 0.2) is 76.7 Å². The van der Waals surface area contributed by atoms with Crippen LogP contribution < -0.4 is 4.83 Å². The number of aryl methyl sites for hydroxylation is 1. The van der Waals surface area contributed by atoms with Crippen LogP contribution in [0.1, 0.15) is 50.7 Å². The summed E-state index contributed by atoms with van der Waals surface area (Å²) in [7, 11) is -3.70. The molecule has 0 aliphatic heterocycles. The van der Waals surface area contributed by atoms with Crippen molar-refractivity contribution in [3.63, 3.8) is 0 Å². The molecule has 0 saturated heterocycles. The molecule has 1 unspecified atom stereocenters. The summed E-state index contributed by atoms with van der Waals surface area (Å²) in [5.41, 5.74) is 4.29. The summed E-state index contributed by atoms with van der Waals surface area (Å²) in [5, 5.41) is 6.40. The molecule has 0 spiro atoms. The second-order valence-electron chi connectivity index (χ2n) is 8.99. The third-order valence-corrected chi connectivity index (χ3v) is 7.74. The van der Waals surface area contributed by atoms with E-state index in [1.54, 1.807) is 30.5 Å². The first-order valence-electron chi connectivity index (χ1n) is 12.1. The fraction of sp³-hybridized carbons (Fsp3) is 0.321. The Balaban J connectivity index is 1.62. The molecule has 34 heavy (non-hydrogen) atoms. The molecule has 1 heterocycles. The molecule has 1 aromatic heterocycles. The SMILES string of the molecule is CCCCC(CC)Cn1c2ccccc2c2cc(/C=N/NS(=O)(=O)c3ccc(C)cc3)ccc21. The number of rotatable bonds is 10. The van der Waals surface area contributed by atoms with Crippen LogP contribution in [0.2, 0.25) is 0 Å². The van der Waals surface area contributed by atoms with Gasteiger partial charge in [0.2, 0.25) is 0 Å². The van der Waals surface area contributed by atoms with Crippen LogP contribution in [0, 0.1) is 12.8 Å². The van der Waals surface area contributed by atoms with Crippen LogP contribution in [0.25, 0.3) is 21.8 Å². The lowest BCUT2D eigenvalue weighted by Crippen LogP contribution is -2.18. The van der Waals surface area contributed by atoms with E-state index < -0.39 is 10.0 Å². The van der Waals surface area contributed by atoms with Gasteiger partial charge in [0.25, 0.3) is 10.0 Å². The lowest BCUT2D eigenvalue weighted by molar-refractivity contribution is 0.401. The maximum absolute atomic E-state index is 12.5. The molecule has 1 atom stereocenters. The highest BCUT2D eigenvalue weighted by Gasteiger charge is 2.15. The molecule has 0 fully saturated rings. The number of nitrogens with one attached hydrogen (secondary N) is 1. The molecule has 0 saturated carbocycles. The highest BCUT2D eigenvalue weighted by Crippen LogP contribution is 2.31. The Kier molecular flexibility index (Phi) is 7.37. The molecule has 3 aromatic carbocycles. The number of sulfonamides is 1. The fourth-order valence-electron chi connectivity index (χ4n) is 4.46. The maximum atomic E-state index is 12.5. The molecule has 5 nitrogen and oxygen atoms in total. The quantitative estimate of drug-likeness (QED) is 0.207. The van der Waals surface area contributed by atoms with Gasteiger partial charge in [-0.1, -0.05) is 75.1 Å². The number of aromatic nitrogens is 1. The molecule has 178 valence electrons. The Morgan fingerprint density at radius 3 is 2.44 bits per heavy atom. The smallest absolute Gasteiger partial charge is 0.276 e. The van der Waals surface area contributed by atoms with Crippen LogP contribution in [-0.2, 0) is 16.6 Å². The molecule has 0 radical (unpaired) electrons. The summed E-state index contributed by atoms with van der Waals surface area (Å²) in [4.78, 5) is 2.52. The van der Waals surface area contributed by atoms with Gasteiger partial charge >= 0.3 is 0 Å². The average molecular weight is 476 g/mol. The van der Waals surface area contributed by atoms with Gasteiger partial charge in [0.05, 0.1) is 11.1 Å². The second-order valence-corrected chi connectivity index (χ2v) is 10.6. The van der Waals surface area contributed by atoms with Crippen LogP contribution in [-0.4, -0.2) is 19.2 Å². The van der Waals surface area contributed by atoms with Gasteiger partial charge in [0, 0.05) is 28.4 Å². The maximum Gasteiger partial charge on any atom is 0.276 e. The van der Waals surface area contributed by atoms with Gasteiger partial charge in [0.15, 0.2) is 0 Å². The summed E-state index contributed by atoms with van der Waals surface area (Å²) in [6, 6.07) is 21.4. The van der Waals surface area contributed by atoms with Crippen LogP contribution in [0.3, 0.4) is 0 Å². The minimum absolute atomic E-state index is 0.197. The van der Waals surface area contributed by atoms with E-state index >= 15 is 0 Å². The van der Waals surface area contributed by atoms with Crippen molar-refractivity contribution in [3.05, 3.63) is 77.9 Å². The Morgan fingerprint density at radius 2 is 1.71 bits per heavy atom. The topological polar surface area (TPSA) is 63.5 Å². The average Bonchev–Trinajstić information content (AvgIpc) is 3.15. The van der Waals surface area contributed by atoms with E-state index in [1.807, 2.05) is 13.0 Å². The number of nitrogens with zero attached hydrogens (tertiary/aromatic N) is 2. The second kappa shape index (κ2) is 10.4. The van der Waals surface area contributed by atoms with Crippen molar-refractivity contribution in [2.75, 3.05) is 0 Å². The van der Waals surface area contributed by atoms with Gasteiger partial charge in [-0.2, -0.15) is 13.5 Å². The highest BCUT2D eigenvalue weighted by atomic mass is 32.2. The Morgan fingerprint density at radius 1 is 0.971 bits per heavy atom. The monoisotopic (exact) mass is 475 g/mol. The molecular weight excluding hydrogens is 442 g/mol. The van der Waals surface area contributed by atoms with Gasteiger partial charge < -0.3 is 4.57 Å². The zero-order valence-electron chi connectivity index (χ0n) is 20.2. The first-order chi connectivity index (χ1) is 16.4. The molecule has 6 heteroatoms. The lowest BCUT2D eigenvalue weighted by atomic mass is 9.99.